The number of nitrogens with zero attached hydrogens (tertiary/aromatic N) is 10. The second-order valence-corrected chi connectivity index (χ2v) is 16.0. The van der Waals surface area contributed by atoms with Crippen LogP contribution < -0.4 is 9.80 Å². The second kappa shape index (κ2) is 18.9. The molecule has 0 spiro atoms. The maximum atomic E-state index is 4.60. The highest BCUT2D eigenvalue weighted by molar-refractivity contribution is 6.00. The molecule has 14 nitrogen and oxygen atoms in total. The van der Waals surface area contributed by atoms with Gasteiger partial charge < -0.3 is 19.8 Å². The Hall–Kier alpha value is -7.48. The number of pyridine rings is 5. The van der Waals surface area contributed by atoms with Gasteiger partial charge in [0.1, 0.15) is 22.7 Å². The number of piperidine rings is 2. The standard InChI is InChI=1S/C24H23N7.C24H25N7.C2H6/c1-15-9-16(13-25-12-15)19-10-17-21(14-27-19)29-30-23(17)20-11-18-22(5-6-26-24(18)28-20)31-7-3-2-4-8-31;1-3-9-25-18(4-2)19-13-16-21(15-27-19)29-30-23(16)20-14-17-22(8-10-26-24(17)28-20)31-11-6-5-7-12-31;1-2/h5-6,9-14H,2-4,7-8H2,1H3,(H,26,28)(H,29,30);3-4,8-10,13-15H,1,5-7,11-12H2,2H3,(H,26,28)(H,29,30);1-2H3/b;18-4-,25-9?;. The van der Waals surface area contributed by atoms with Gasteiger partial charge in [-0.05, 0) is 100 Å². The fourth-order valence-corrected chi connectivity index (χ4v) is 8.76. The van der Waals surface area contributed by atoms with E-state index in [4.69, 9.17) is 0 Å². The first-order valence-electron chi connectivity index (χ1n) is 22.4. The zero-order valence-electron chi connectivity index (χ0n) is 37.0. The van der Waals surface area contributed by atoms with Gasteiger partial charge in [0, 0.05) is 95.7 Å². The summed E-state index contributed by atoms with van der Waals surface area (Å²) in [4.78, 5) is 38.9. The van der Waals surface area contributed by atoms with Crippen LogP contribution in [0.2, 0.25) is 0 Å². The van der Waals surface area contributed by atoms with Crippen LogP contribution in [0.3, 0.4) is 0 Å². The van der Waals surface area contributed by atoms with Crippen molar-refractivity contribution < 1.29 is 0 Å². The number of allylic oxidation sites excluding steroid dienone is 2. The van der Waals surface area contributed by atoms with Gasteiger partial charge in [-0.1, -0.05) is 32.6 Å². The van der Waals surface area contributed by atoms with E-state index in [1.807, 2.05) is 70.8 Å². The maximum Gasteiger partial charge on any atom is 0.139 e. The van der Waals surface area contributed by atoms with Crippen LogP contribution in [0.15, 0.2) is 103 Å². The SMILES string of the molecule is C=CC=N/C(=C\C)c1cc2c(-c3cc4c(N5CCCCC5)ccnc4[nH]3)n[nH]c2cn1.CC.Cc1cncc(-c2cc3c(-c4cc5c(N6CCCCC6)ccnc5[nH]4)n[nH]c3cn2)c1. The molecule has 0 aromatic carbocycles. The molecule has 0 unspecified atom stereocenters. The van der Waals surface area contributed by atoms with Crippen LogP contribution in [0.1, 0.15) is 70.6 Å². The van der Waals surface area contributed by atoms with Crippen molar-refractivity contribution in [2.24, 2.45) is 4.99 Å². The molecule has 0 aliphatic carbocycles. The summed E-state index contributed by atoms with van der Waals surface area (Å²) in [5.41, 5.74) is 14.2. The minimum absolute atomic E-state index is 0.791. The van der Waals surface area contributed by atoms with Crippen LogP contribution in [-0.2, 0) is 0 Å². The average molecular weight is 851 g/mol. The summed E-state index contributed by atoms with van der Waals surface area (Å²) in [5.74, 6) is 0. The van der Waals surface area contributed by atoms with E-state index in [0.29, 0.717) is 0 Å². The molecule has 2 aliphatic heterocycles. The number of anilines is 2. The van der Waals surface area contributed by atoms with Crippen molar-refractivity contribution >= 4 is 67.2 Å². The lowest BCUT2D eigenvalue weighted by atomic mass is 10.1. The Kier molecular flexibility index (Phi) is 12.3. The zero-order valence-corrected chi connectivity index (χ0v) is 37.0. The van der Waals surface area contributed by atoms with Crippen LogP contribution in [0.5, 0.6) is 0 Å². The van der Waals surface area contributed by atoms with Gasteiger partial charge in [-0.15, -0.1) is 0 Å². The molecule has 14 heteroatoms. The van der Waals surface area contributed by atoms with E-state index < -0.39 is 0 Å². The van der Waals surface area contributed by atoms with Gasteiger partial charge in [0.15, 0.2) is 0 Å². The number of rotatable bonds is 8. The van der Waals surface area contributed by atoms with Gasteiger partial charge in [0.05, 0.1) is 51.9 Å². The number of aryl methyl sites for hydroxylation is 1. The van der Waals surface area contributed by atoms with Gasteiger partial charge in [-0.25, -0.2) is 9.97 Å². The Morgan fingerprint density at radius 2 is 1.22 bits per heavy atom. The molecule has 11 rings (SSSR count). The van der Waals surface area contributed by atoms with Crippen LogP contribution in [-0.4, -0.2) is 87.7 Å². The molecule has 0 atom stereocenters. The van der Waals surface area contributed by atoms with Crippen LogP contribution in [0.25, 0.3) is 83.6 Å². The Bertz CT molecular complexity index is 3110. The molecule has 324 valence electrons. The highest BCUT2D eigenvalue weighted by Crippen LogP contribution is 2.36. The first-order valence-corrected chi connectivity index (χ1v) is 22.4. The predicted molar refractivity (Wildman–Crippen MR) is 262 cm³/mol. The Morgan fingerprint density at radius 1 is 0.656 bits per heavy atom. The number of hydrogen-bond donors (Lipinski definition) is 4. The van der Waals surface area contributed by atoms with Crippen LogP contribution in [0.4, 0.5) is 11.4 Å². The molecule has 2 fully saturated rings. The molecule has 64 heavy (non-hydrogen) atoms. The third-order valence-electron chi connectivity index (χ3n) is 11.8. The van der Waals surface area contributed by atoms with Crippen molar-refractivity contribution in [2.75, 3.05) is 36.0 Å². The van der Waals surface area contributed by atoms with Gasteiger partial charge >= 0.3 is 0 Å². The van der Waals surface area contributed by atoms with Crippen molar-refractivity contribution in [1.82, 2.24) is 55.3 Å². The van der Waals surface area contributed by atoms with Crippen molar-refractivity contribution in [3.63, 3.8) is 0 Å². The summed E-state index contributed by atoms with van der Waals surface area (Å²) in [7, 11) is 0. The number of aliphatic imine (C=N–C) groups is 1. The topological polar surface area (TPSA) is 172 Å². The van der Waals surface area contributed by atoms with E-state index in [1.54, 1.807) is 18.5 Å². The third-order valence-corrected chi connectivity index (χ3v) is 11.8. The van der Waals surface area contributed by atoms with Gasteiger partial charge in [-0.2, -0.15) is 10.2 Å². The number of hydrogen-bond acceptors (Lipinski definition) is 10. The highest BCUT2D eigenvalue weighted by Gasteiger charge is 2.20. The average Bonchev–Trinajstić information content (AvgIpc) is 4.17. The number of aromatic nitrogens is 11. The Balaban J connectivity index is 0.000000156. The molecule has 0 radical (unpaired) electrons. The first kappa shape index (κ1) is 41.9. The first-order chi connectivity index (χ1) is 31.5. The molecular weight excluding hydrogens is 797 g/mol. The summed E-state index contributed by atoms with van der Waals surface area (Å²) in [5, 5.41) is 19.7. The normalized spacial score (nSPS) is 14.6. The number of H-pyrrole nitrogens is 4. The lowest BCUT2D eigenvalue weighted by molar-refractivity contribution is 0.579. The van der Waals surface area contributed by atoms with Crippen LogP contribution >= 0.6 is 0 Å². The Labute approximate surface area is 372 Å². The number of nitrogens with one attached hydrogen (secondary N) is 4. The number of aromatic amines is 4. The minimum atomic E-state index is 0.791. The van der Waals surface area contributed by atoms with Crippen molar-refractivity contribution in [3.8, 4) is 34.0 Å². The lowest BCUT2D eigenvalue weighted by Crippen LogP contribution is -2.29. The summed E-state index contributed by atoms with van der Waals surface area (Å²) < 4.78 is 0. The van der Waals surface area contributed by atoms with Crippen molar-refractivity contribution in [3.05, 3.63) is 110 Å². The van der Waals surface area contributed by atoms with E-state index in [2.05, 4.69) is 113 Å². The molecule has 4 N–H and O–H groups in total. The van der Waals surface area contributed by atoms with E-state index in [-0.39, 0.29) is 0 Å². The quantitative estimate of drug-likeness (QED) is 0.109. The van der Waals surface area contributed by atoms with Gasteiger partial charge in [0.25, 0.3) is 0 Å². The van der Waals surface area contributed by atoms with E-state index in [9.17, 15) is 0 Å². The molecule has 0 bridgehead atoms. The van der Waals surface area contributed by atoms with Crippen molar-refractivity contribution in [2.45, 2.75) is 66.2 Å². The lowest BCUT2D eigenvalue weighted by Gasteiger charge is -2.29. The Morgan fingerprint density at radius 3 is 1.77 bits per heavy atom. The van der Waals surface area contributed by atoms with Gasteiger partial charge in [-0.3, -0.25) is 30.1 Å². The predicted octanol–water partition coefficient (Wildman–Crippen LogP) is 11.0. The fourth-order valence-electron chi connectivity index (χ4n) is 8.76. The fraction of sp³-hybridized carbons (Fsp3) is 0.280. The van der Waals surface area contributed by atoms with Crippen LogP contribution in [0, 0.1) is 6.92 Å². The smallest absolute Gasteiger partial charge is 0.139 e. The molecule has 0 amide bonds. The van der Waals surface area contributed by atoms with Gasteiger partial charge in [0.2, 0.25) is 0 Å². The number of fused-ring (bicyclic) bond motifs is 4. The maximum absolute atomic E-state index is 4.60. The molecule has 2 saturated heterocycles. The zero-order chi connectivity index (χ0) is 44.0. The second-order valence-electron chi connectivity index (χ2n) is 16.0. The molecule has 2 aliphatic rings. The summed E-state index contributed by atoms with van der Waals surface area (Å²) in [6.07, 6.45) is 24.0. The van der Waals surface area contributed by atoms with E-state index >= 15 is 0 Å². The summed E-state index contributed by atoms with van der Waals surface area (Å²) >= 11 is 0. The molecule has 11 heterocycles. The summed E-state index contributed by atoms with van der Waals surface area (Å²) in [6, 6.07) is 14.8. The largest absolute Gasteiger partial charge is 0.371 e. The van der Waals surface area contributed by atoms with Crippen molar-refractivity contribution in [1.29, 1.82) is 0 Å². The third kappa shape index (κ3) is 8.38. The molecule has 9 aromatic rings. The molecule has 9 aromatic heterocycles. The van der Waals surface area contributed by atoms with E-state index in [0.717, 1.165) is 121 Å². The monoisotopic (exact) mass is 850 g/mol. The minimum Gasteiger partial charge on any atom is -0.371 e. The molecule has 0 saturated carbocycles. The van der Waals surface area contributed by atoms with E-state index in [1.165, 1.54) is 49.9 Å². The summed E-state index contributed by atoms with van der Waals surface area (Å²) in [6.45, 7) is 16.1. The molecular formula is C50H54N14. The highest BCUT2D eigenvalue weighted by atomic mass is 15.2.